The molecular weight excluding hydrogens is 455 g/mol. The molecule has 0 spiro atoms. The van der Waals surface area contributed by atoms with Crippen LogP contribution in [0.4, 0.5) is 22.0 Å². The molecular formula is C21H29F5N2O5. The first kappa shape index (κ1) is 27.4. The third-order valence-corrected chi connectivity index (χ3v) is 4.98. The number of ether oxygens (including phenoxy) is 3. The number of methoxy groups -OCH3 is 1. The van der Waals surface area contributed by atoms with Crippen LogP contribution in [0.5, 0.6) is 0 Å². The van der Waals surface area contributed by atoms with Gasteiger partial charge in [-0.05, 0) is 24.3 Å². The number of carbonyl (C=O) groups is 1. The van der Waals surface area contributed by atoms with Gasteiger partial charge in [0.1, 0.15) is 12.4 Å². The summed E-state index contributed by atoms with van der Waals surface area (Å²) in [6.07, 6.45) is -5.41. The van der Waals surface area contributed by atoms with Crippen LogP contribution in [-0.4, -0.2) is 112 Å². The number of aliphatic hydroxyl groups excluding tert-OH is 1. The molecule has 2 atom stereocenters. The van der Waals surface area contributed by atoms with Crippen molar-refractivity contribution < 1.29 is 46.1 Å². The summed E-state index contributed by atoms with van der Waals surface area (Å²) in [5.74, 6) is -5.05. The minimum atomic E-state index is -4.27. The maximum Gasteiger partial charge on any atom is 0.330 e. The molecule has 12 heteroatoms. The number of amides is 1. The molecule has 33 heavy (non-hydrogen) atoms. The molecule has 1 heterocycles. The second-order valence-electron chi connectivity index (χ2n) is 7.73. The van der Waals surface area contributed by atoms with Crippen molar-refractivity contribution in [2.45, 2.75) is 24.6 Å². The Morgan fingerprint density at radius 2 is 2.03 bits per heavy atom. The van der Waals surface area contributed by atoms with Crippen LogP contribution in [0.3, 0.4) is 0 Å². The number of benzene rings is 1. The first-order valence-corrected chi connectivity index (χ1v) is 10.4. The van der Waals surface area contributed by atoms with Gasteiger partial charge in [0, 0.05) is 45.4 Å². The zero-order chi connectivity index (χ0) is 24.4. The Bertz CT molecular complexity index is 726. The van der Waals surface area contributed by atoms with Gasteiger partial charge in [-0.3, -0.25) is 9.69 Å². The maximum atomic E-state index is 13.2. The van der Waals surface area contributed by atoms with Crippen molar-refractivity contribution in [2.75, 3.05) is 66.3 Å². The van der Waals surface area contributed by atoms with Crippen molar-refractivity contribution in [3.05, 3.63) is 35.6 Å². The molecule has 1 aliphatic heterocycles. The lowest BCUT2D eigenvalue weighted by atomic mass is 10.1. The van der Waals surface area contributed by atoms with E-state index in [1.54, 1.807) is 0 Å². The lowest BCUT2D eigenvalue weighted by Crippen LogP contribution is -2.51. The Morgan fingerprint density at radius 3 is 2.67 bits per heavy atom. The number of β-amino-alcohol motifs (C(OH)–C–C–N with tert-alkyl or cyclic N) is 1. The van der Waals surface area contributed by atoms with E-state index in [4.69, 9.17) is 9.47 Å². The van der Waals surface area contributed by atoms with Crippen LogP contribution in [0.1, 0.15) is 10.4 Å². The summed E-state index contributed by atoms with van der Waals surface area (Å²) in [5.41, 5.74) is 0.313. The molecule has 0 bridgehead atoms. The van der Waals surface area contributed by atoms with Crippen LogP contribution in [0.2, 0.25) is 0 Å². The fraction of sp³-hybridized carbons (Fsp3) is 0.667. The molecule has 0 aliphatic carbocycles. The highest BCUT2D eigenvalue weighted by Crippen LogP contribution is 2.23. The van der Waals surface area contributed by atoms with Crippen LogP contribution in [-0.2, 0) is 14.2 Å². The van der Waals surface area contributed by atoms with Crippen LogP contribution >= 0.6 is 0 Å². The van der Waals surface area contributed by atoms with Crippen molar-refractivity contribution in [3.63, 3.8) is 0 Å². The molecule has 1 aromatic carbocycles. The molecule has 1 aromatic rings. The minimum Gasteiger partial charge on any atom is -0.389 e. The van der Waals surface area contributed by atoms with Gasteiger partial charge in [0.2, 0.25) is 0 Å². The topological polar surface area (TPSA) is 71.5 Å². The Kier molecular flexibility index (Phi) is 10.9. The minimum absolute atomic E-state index is 0.0596. The molecule has 7 nitrogen and oxygen atoms in total. The quantitative estimate of drug-likeness (QED) is 0.432. The number of aliphatic hydroxyl groups is 1. The van der Waals surface area contributed by atoms with Gasteiger partial charge in [-0.25, -0.2) is 13.2 Å². The standard InChI is InChI=1S/C21H29F5N2O5/c1-31-8-7-28(19(30)15-2-4-16(22)5-3-15)12-18-11-27(6-9-33-18)10-17(29)13-32-14-21(25,26)20(23)24/h2-5,17-18,20,29H,6-14H2,1H3. The fourth-order valence-corrected chi connectivity index (χ4v) is 3.30. The molecule has 1 saturated heterocycles. The number of halogens is 5. The first-order valence-electron chi connectivity index (χ1n) is 10.4. The Balaban J connectivity index is 1.87. The number of rotatable bonds is 13. The first-order chi connectivity index (χ1) is 15.6. The largest absolute Gasteiger partial charge is 0.389 e. The fourth-order valence-electron chi connectivity index (χ4n) is 3.30. The van der Waals surface area contributed by atoms with E-state index in [1.165, 1.54) is 36.3 Å². The summed E-state index contributed by atoms with van der Waals surface area (Å²) < 4.78 is 78.6. The van der Waals surface area contributed by atoms with Crippen LogP contribution in [0.25, 0.3) is 0 Å². The average Bonchev–Trinajstić information content (AvgIpc) is 2.76. The summed E-state index contributed by atoms with van der Waals surface area (Å²) in [5, 5.41) is 10.0. The number of hydrogen-bond donors (Lipinski definition) is 1. The average molecular weight is 484 g/mol. The number of alkyl halides is 4. The van der Waals surface area contributed by atoms with E-state index in [1.807, 2.05) is 4.90 Å². The van der Waals surface area contributed by atoms with Gasteiger partial charge in [-0.2, -0.15) is 8.78 Å². The van der Waals surface area contributed by atoms with E-state index >= 15 is 0 Å². The summed E-state index contributed by atoms with van der Waals surface area (Å²) in [6, 6.07) is 5.17. The lowest BCUT2D eigenvalue weighted by Gasteiger charge is -2.36. The van der Waals surface area contributed by atoms with Crippen molar-refractivity contribution in [3.8, 4) is 0 Å². The summed E-state index contributed by atoms with van der Waals surface area (Å²) in [6.45, 7) is -0.0715. The van der Waals surface area contributed by atoms with Crippen molar-refractivity contribution in [1.29, 1.82) is 0 Å². The van der Waals surface area contributed by atoms with E-state index in [2.05, 4.69) is 4.74 Å². The van der Waals surface area contributed by atoms with Gasteiger partial charge in [0.05, 0.1) is 32.0 Å². The van der Waals surface area contributed by atoms with Gasteiger partial charge in [0.25, 0.3) is 5.91 Å². The zero-order valence-corrected chi connectivity index (χ0v) is 18.3. The van der Waals surface area contributed by atoms with Crippen molar-refractivity contribution >= 4 is 5.91 Å². The molecule has 0 aromatic heterocycles. The number of hydrogen-bond acceptors (Lipinski definition) is 6. The highest BCUT2D eigenvalue weighted by Gasteiger charge is 2.41. The van der Waals surface area contributed by atoms with Crippen molar-refractivity contribution in [1.82, 2.24) is 9.80 Å². The predicted octanol–water partition coefficient (Wildman–Crippen LogP) is 1.89. The predicted molar refractivity (Wildman–Crippen MR) is 108 cm³/mol. The Morgan fingerprint density at radius 1 is 1.33 bits per heavy atom. The molecule has 1 fully saturated rings. The van der Waals surface area contributed by atoms with Gasteiger partial charge in [-0.1, -0.05) is 0 Å². The van der Waals surface area contributed by atoms with E-state index in [0.717, 1.165) is 0 Å². The third-order valence-electron chi connectivity index (χ3n) is 4.98. The van der Waals surface area contributed by atoms with E-state index in [0.29, 0.717) is 25.3 Å². The van der Waals surface area contributed by atoms with Gasteiger partial charge in [-0.15, -0.1) is 0 Å². The molecule has 0 radical (unpaired) electrons. The second-order valence-corrected chi connectivity index (χ2v) is 7.73. The van der Waals surface area contributed by atoms with Gasteiger partial charge in [0.15, 0.2) is 0 Å². The molecule has 2 rings (SSSR count). The number of carbonyl (C=O) groups excluding carboxylic acids is 1. The molecule has 188 valence electrons. The normalized spacial score (nSPS) is 18.5. The molecule has 2 unspecified atom stereocenters. The number of morpholine rings is 1. The SMILES string of the molecule is COCCN(CC1CN(CC(O)COCC(F)(F)C(F)F)CCO1)C(=O)c1ccc(F)cc1. The maximum absolute atomic E-state index is 13.2. The number of nitrogens with zero attached hydrogens (tertiary/aromatic N) is 2. The van der Waals surface area contributed by atoms with Gasteiger partial charge < -0.3 is 24.2 Å². The van der Waals surface area contributed by atoms with Crippen LogP contribution < -0.4 is 0 Å². The van der Waals surface area contributed by atoms with E-state index < -0.39 is 43.6 Å². The van der Waals surface area contributed by atoms with Crippen molar-refractivity contribution in [2.24, 2.45) is 0 Å². The van der Waals surface area contributed by atoms with Crippen LogP contribution in [0.15, 0.2) is 24.3 Å². The molecule has 1 N–H and O–H groups in total. The van der Waals surface area contributed by atoms with E-state index in [9.17, 15) is 31.9 Å². The van der Waals surface area contributed by atoms with E-state index in [-0.39, 0.29) is 32.1 Å². The summed E-state index contributed by atoms with van der Waals surface area (Å²) in [4.78, 5) is 16.2. The highest BCUT2D eigenvalue weighted by atomic mass is 19.3. The Labute approximate surface area is 189 Å². The molecule has 1 aliphatic rings. The third kappa shape index (κ3) is 9.13. The zero-order valence-electron chi connectivity index (χ0n) is 18.3. The molecule has 1 amide bonds. The summed E-state index contributed by atoms with van der Waals surface area (Å²) in [7, 11) is 1.50. The Hall–Kier alpha value is -1.86. The monoisotopic (exact) mass is 484 g/mol. The van der Waals surface area contributed by atoms with Gasteiger partial charge >= 0.3 is 12.3 Å². The van der Waals surface area contributed by atoms with Crippen LogP contribution in [0, 0.1) is 5.82 Å². The highest BCUT2D eigenvalue weighted by molar-refractivity contribution is 5.94. The molecule has 0 saturated carbocycles. The smallest absolute Gasteiger partial charge is 0.330 e. The second kappa shape index (κ2) is 13.1. The summed E-state index contributed by atoms with van der Waals surface area (Å²) >= 11 is 0. The lowest BCUT2D eigenvalue weighted by molar-refractivity contribution is -0.171.